The van der Waals surface area contributed by atoms with E-state index in [4.69, 9.17) is 23.7 Å². The van der Waals surface area contributed by atoms with Crippen molar-refractivity contribution in [2.45, 2.75) is 33.4 Å². The van der Waals surface area contributed by atoms with Crippen molar-refractivity contribution in [2.24, 2.45) is 5.92 Å². The van der Waals surface area contributed by atoms with Crippen LogP contribution >= 0.6 is 0 Å². The van der Waals surface area contributed by atoms with Gasteiger partial charge in [0.05, 0.1) is 24.3 Å². The first kappa shape index (κ1) is 20.6. The van der Waals surface area contributed by atoms with Gasteiger partial charge in [0.15, 0.2) is 11.5 Å². The van der Waals surface area contributed by atoms with Crippen molar-refractivity contribution >= 4 is 17.0 Å². The zero-order valence-corrected chi connectivity index (χ0v) is 18.5. The fraction of sp³-hybridized carbons (Fsp3) is 0.417. The van der Waals surface area contributed by atoms with Gasteiger partial charge in [0.1, 0.15) is 23.6 Å². The minimum absolute atomic E-state index is 0.148. The van der Waals surface area contributed by atoms with Crippen LogP contribution in [0.1, 0.15) is 35.8 Å². The smallest absolute Gasteiger partial charge is 0.342 e. The third-order valence-electron chi connectivity index (χ3n) is 5.88. The second kappa shape index (κ2) is 8.35. The molecule has 0 saturated heterocycles. The fourth-order valence-corrected chi connectivity index (χ4v) is 4.15. The summed E-state index contributed by atoms with van der Waals surface area (Å²) >= 11 is 0. The molecule has 1 fully saturated rings. The lowest BCUT2D eigenvalue weighted by Crippen LogP contribution is -2.08. The monoisotopic (exact) mass is 438 g/mol. The van der Waals surface area contributed by atoms with Crippen LogP contribution in [0.5, 0.6) is 17.2 Å². The summed E-state index contributed by atoms with van der Waals surface area (Å²) in [6.45, 7) is 5.00. The summed E-state index contributed by atoms with van der Waals surface area (Å²) in [6.07, 6.45) is 4.08. The van der Waals surface area contributed by atoms with E-state index in [1.807, 2.05) is 29.7 Å². The lowest BCUT2D eigenvalue weighted by Gasteiger charge is -2.16. The van der Waals surface area contributed by atoms with Crippen LogP contribution in [-0.2, 0) is 16.2 Å². The molecule has 0 N–H and O–H groups in total. The summed E-state index contributed by atoms with van der Waals surface area (Å²) in [5.41, 5.74) is 4.10. The van der Waals surface area contributed by atoms with E-state index < -0.39 is 5.97 Å². The number of fused-ring (bicyclic) bond motifs is 2. The summed E-state index contributed by atoms with van der Waals surface area (Å²) in [7, 11) is 1.62. The van der Waals surface area contributed by atoms with Gasteiger partial charge in [-0.25, -0.2) is 4.79 Å². The number of carbonyl (C=O) groups excluding carboxylic acids is 1. The van der Waals surface area contributed by atoms with E-state index in [1.54, 1.807) is 20.2 Å². The summed E-state index contributed by atoms with van der Waals surface area (Å²) in [6, 6.07) is 5.69. The third kappa shape index (κ3) is 3.44. The van der Waals surface area contributed by atoms with Crippen molar-refractivity contribution in [3.05, 3.63) is 35.7 Å². The SMILES string of the molecule is CCOC(=O)c1c(C)n(COC)c2c(-c3c(OCC4CC4)ccc4c3OCO4)ccnc12. The zero-order valence-electron chi connectivity index (χ0n) is 18.5. The van der Waals surface area contributed by atoms with Gasteiger partial charge in [-0.15, -0.1) is 0 Å². The molecule has 1 aliphatic heterocycles. The van der Waals surface area contributed by atoms with Gasteiger partial charge >= 0.3 is 5.97 Å². The number of aromatic nitrogens is 2. The second-order valence-corrected chi connectivity index (χ2v) is 8.01. The second-order valence-electron chi connectivity index (χ2n) is 8.01. The van der Waals surface area contributed by atoms with E-state index in [9.17, 15) is 4.79 Å². The highest BCUT2D eigenvalue weighted by Gasteiger charge is 2.30. The van der Waals surface area contributed by atoms with Gasteiger partial charge in [-0.05, 0) is 50.8 Å². The number of benzene rings is 1. The van der Waals surface area contributed by atoms with Crippen molar-refractivity contribution in [3.8, 4) is 28.4 Å². The Morgan fingerprint density at radius 3 is 2.84 bits per heavy atom. The van der Waals surface area contributed by atoms with Gasteiger partial charge in [0, 0.05) is 24.6 Å². The van der Waals surface area contributed by atoms with Crippen LogP contribution in [0.25, 0.3) is 22.2 Å². The molecule has 1 aromatic carbocycles. The molecular weight excluding hydrogens is 412 g/mol. The first-order valence-corrected chi connectivity index (χ1v) is 10.8. The minimum Gasteiger partial charge on any atom is -0.493 e. The molecule has 8 nitrogen and oxygen atoms in total. The Kier molecular flexibility index (Phi) is 5.38. The standard InChI is InChI=1S/C24H26N2O6/c1-4-29-24(27)19-14(2)26(12-28-3)22-16(9-10-25-21(19)22)20-17(30-11-15-5-6-15)7-8-18-23(20)32-13-31-18/h7-10,15H,4-6,11-13H2,1-3H3. The summed E-state index contributed by atoms with van der Waals surface area (Å²) in [5.74, 6) is 2.20. The van der Waals surface area contributed by atoms with Gasteiger partial charge in [-0.1, -0.05) is 0 Å². The average molecular weight is 438 g/mol. The summed E-state index contributed by atoms with van der Waals surface area (Å²) in [5, 5.41) is 0. The number of hydrogen-bond acceptors (Lipinski definition) is 7. The van der Waals surface area contributed by atoms with Crippen LogP contribution in [0.15, 0.2) is 24.4 Å². The van der Waals surface area contributed by atoms with Crippen LogP contribution in [0.3, 0.4) is 0 Å². The van der Waals surface area contributed by atoms with Crippen molar-refractivity contribution < 1.29 is 28.5 Å². The molecule has 1 saturated carbocycles. The number of carbonyl (C=O) groups is 1. The number of esters is 1. The number of nitrogens with zero attached hydrogens (tertiary/aromatic N) is 2. The summed E-state index contributed by atoms with van der Waals surface area (Å²) in [4.78, 5) is 17.3. The molecule has 1 aliphatic carbocycles. The average Bonchev–Trinajstić information content (AvgIpc) is 3.42. The van der Waals surface area contributed by atoms with E-state index in [2.05, 4.69) is 4.98 Å². The van der Waals surface area contributed by atoms with Crippen LogP contribution in [0, 0.1) is 12.8 Å². The highest BCUT2D eigenvalue weighted by atomic mass is 16.7. The van der Waals surface area contributed by atoms with E-state index in [-0.39, 0.29) is 20.1 Å². The maximum absolute atomic E-state index is 12.8. The van der Waals surface area contributed by atoms with Gasteiger partial charge in [0.2, 0.25) is 6.79 Å². The Bertz CT molecular complexity index is 1180. The molecule has 0 spiro atoms. The number of methoxy groups -OCH3 is 1. The lowest BCUT2D eigenvalue weighted by molar-refractivity contribution is 0.0526. The Hall–Kier alpha value is -3.26. The highest BCUT2D eigenvalue weighted by Crippen LogP contribution is 2.49. The molecule has 0 atom stereocenters. The number of rotatable bonds is 8. The maximum Gasteiger partial charge on any atom is 0.342 e. The molecule has 5 rings (SSSR count). The molecule has 168 valence electrons. The molecule has 0 radical (unpaired) electrons. The lowest BCUT2D eigenvalue weighted by atomic mass is 10.0. The van der Waals surface area contributed by atoms with E-state index in [0.29, 0.717) is 40.9 Å². The molecule has 3 heterocycles. The van der Waals surface area contributed by atoms with Gasteiger partial charge < -0.3 is 28.3 Å². The predicted molar refractivity (Wildman–Crippen MR) is 117 cm³/mol. The van der Waals surface area contributed by atoms with Crippen LogP contribution in [0.2, 0.25) is 0 Å². The summed E-state index contributed by atoms with van der Waals surface area (Å²) < 4.78 is 30.5. The Labute approximate surface area is 186 Å². The Morgan fingerprint density at radius 1 is 1.25 bits per heavy atom. The van der Waals surface area contributed by atoms with Gasteiger partial charge in [-0.3, -0.25) is 4.98 Å². The molecule has 0 bridgehead atoms. The van der Waals surface area contributed by atoms with Crippen molar-refractivity contribution in [3.63, 3.8) is 0 Å². The van der Waals surface area contributed by atoms with Gasteiger partial charge in [0.25, 0.3) is 0 Å². The van der Waals surface area contributed by atoms with Crippen molar-refractivity contribution in [2.75, 3.05) is 27.1 Å². The predicted octanol–water partition coefficient (Wildman–Crippen LogP) is 4.31. The topological polar surface area (TPSA) is 81.0 Å². The molecular formula is C24H26N2O6. The van der Waals surface area contributed by atoms with E-state index in [0.717, 1.165) is 22.3 Å². The molecule has 8 heteroatoms. The molecule has 0 unspecified atom stereocenters. The maximum atomic E-state index is 12.8. The number of pyridine rings is 1. The molecule has 0 amide bonds. The Balaban J connectivity index is 1.75. The molecule has 32 heavy (non-hydrogen) atoms. The quantitative estimate of drug-likeness (QED) is 0.485. The molecule has 2 aromatic heterocycles. The van der Waals surface area contributed by atoms with E-state index in [1.165, 1.54) is 12.8 Å². The van der Waals surface area contributed by atoms with Crippen LogP contribution < -0.4 is 14.2 Å². The number of ether oxygens (including phenoxy) is 5. The third-order valence-corrected chi connectivity index (χ3v) is 5.88. The molecule has 3 aromatic rings. The first-order chi connectivity index (χ1) is 15.6. The van der Waals surface area contributed by atoms with Crippen LogP contribution in [-0.4, -0.2) is 42.6 Å². The van der Waals surface area contributed by atoms with Crippen molar-refractivity contribution in [1.82, 2.24) is 9.55 Å². The zero-order chi connectivity index (χ0) is 22.2. The van der Waals surface area contributed by atoms with Gasteiger partial charge in [-0.2, -0.15) is 0 Å². The largest absolute Gasteiger partial charge is 0.493 e. The molecule has 2 aliphatic rings. The minimum atomic E-state index is -0.405. The van der Waals surface area contributed by atoms with E-state index >= 15 is 0 Å². The Morgan fingerprint density at radius 2 is 2.09 bits per heavy atom. The highest BCUT2D eigenvalue weighted by molar-refractivity contribution is 6.08. The number of hydrogen-bond donors (Lipinski definition) is 0. The fourth-order valence-electron chi connectivity index (χ4n) is 4.15. The van der Waals surface area contributed by atoms with Crippen molar-refractivity contribution in [1.29, 1.82) is 0 Å². The van der Waals surface area contributed by atoms with Crippen LogP contribution in [0.4, 0.5) is 0 Å². The normalized spacial score (nSPS) is 14.7. The first-order valence-electron chi connectivity index (χ1n) is 10.8.